The summed E-state index contributed by atoms with van der Waals surface area (Å²) >= 11 is 0. The van der Waals surface area contributed by atoms with Crippen molar-refractivity contribution in [1.29, 1.82) is 0 Å². The highest BCUT2D eigenvalue weighted by atomic mass is 15.1. The highest BCUT2D eigenvalue weighted by Crippen LogP contribution is 2.28. The minimum atomic E-state index is 0.532. The Morgan fingerprint density at radius 1 is 1.43 bits per heavy atom. The van der Waals surface area contributed by atoms with Gasteiger partial charge in [-0.3, -0.25) is 0 Å². The molecule has 0 aromatic rings. The minimum absolute atomic E-state index is 0.532. The largest absolute Gasteiger partial charge is 0.330 e. The van der Waals surface area contributed by atoms with Crippen molar-refractivity contribution >= 4 is 0 Å². The summed E-state index contributed by atoms with van der Waals surface area (Å²) in [6.07, 6.45) is 4.01. The zero-order valence-corrected chi connectivity index (χ0v) is 10.1. The van der Waals surface area contributed by atoms with E-state index in [0.29, 0.717) is 11.3 Å². The zero-order chi connectivity index (χ0) is 10.6. The number of likely N-dealkylation sites (tertiary alicyclic amines) is 1. The lowest BCUT2D eigenvalue weighted by molar-refractivity contribution is 0.113. The van der Waals surface area contributed by atoms with Crippen LogP contribution in [0.15, 0.2) is 0 Å². The van der Waals surface area contributed by atoms with Crippen molar-refractivity contribution in [2.24, 2.45) is 17.1 Å². The molecule has 1 heterocycles. The maximum Gasteiger partial charge on any atom is 0.00327 e. The van der Waals surface area contributed by atoms with Gasteiger partial charge in [-0.2, -0.15) is 0 Å². The summed E-state index contributed by atoms with van der Waals surface area (Å²) in [5.74, 6) is 0.681. The zero-order valence-electron chi connectivity index (χ0n) is 10.1. The lowest BCUT2D eigenvalue weighted by atomic mass is 9.84. The molecule has 84 valence electrons. The molecule has 0 saturated carbocycles. The lowest BCUT2D eigenvalue weighted by Crippen LogP contribution is -2.41. The first-order chi connectivity index (χ1) is 6.53. The van der Waals surface area contributed by atoms with E-state index in [-0.39, 0.29) is 0 Å². The van der Waals surface area contributed by atoms with E-state index in [0.717, 1.165) is 6.54 Å². The van der Waals surface area contributed by atoms with Gasteiger partial charge in [-0.15, -0.1) is 0 Å². The normalized spacial score (nSPS) is 24.9. The lowest BCUT2D eigenvalue weighted by Gasteiger charge is -2.38. The molecule has 0 radical (unpaired) electrons. The quantitative estimate of drug-likeness (QED) is 0.749. The smallest absolute Gasteiger partial charge is 0.00327 e. The molecule has 0 aromatic heterocycles. The fourth-order valence-corrected chi connectivity index (χ4v) is 2.26. The summed E-state index contributed by atoms with van der Waals surface area (Å²) in [6, 6.07) is 0. The second-order valence-corrected chi connectivity index (χ2v) is 5.67. The molecule has 1 saturated heterocycles. The number of hydrogen-bond acceptors (Lipinski definition) is 2. The van der Waals surface area contributed by atoms with Gasteiger partial charge in [-0.1, -0.05) is 20.8 Å². The van der Waals surface area contributed by atoms with Crippen molar-refractivity contribution in [2.45, 2.75) is 40.0 Å². The summed E-state index contributed by atoms with van der Waals surface area (Å²) in [7, 11) is 0. The van der Waals surface area contributed by atoms with Crippen LogP contribution in [0.1, 0.15) is 40.0 Å². The van der Waals surface area contributed by atoms with Crippen LogP contribution in [0.2, 0.25) is 0 Å². The molecule has 1 unspecified atom stereocenters. The Morgan fingerprint density at radius 2 is 2.14 bits per heavy atom. The predicted octanol–water partition coefficient (Wildman–Crippen LogP) is 2.09. The first kappa shape index (κ1) is 12.0. The van der Waals surface area contributed by atoms with Crippen molar-refractivity contribution in [3.05, 3.63) is 0 Å². The fraction of sp³-hybridized carbons (Fsp3) is 1.00. The van der Waals surface area contributed by atoms with Gasteiger partial charge in [-0.05, 0) is 50.2 Å². The molecule has 2 nitrogen and oxygen atoms in total. The predicted molar refractivity (Wildman–Crippen MR) is 62.3 cm³/mol. The molecular formula is C12H26N2. The molecule has 2 N–H and O–H groups in total. The molecule has 0 amide bonds. The van der Waals surface area contributed by atoms with Gasteiger partial charge >= 0.3 is 0 Å². The van der Waals surface area contributed by atoms with Crippen LogP contribution >= 0.6 is 0 Å². The van der Waals surface area contributed by atoms with Gasteiger partial charge in [0.05, 0.1) is 0 Å². The molecular weight excluding hydrogens is 172 g/mol. The number of nitrogens with zero attached hydrogens (tertiary/aromatic N) is 1. The molecule has 0 aliphatic carbocycles. The summed E-state index contributed by atoms with van der Waals surface area (Å²) < 4.78 is 0. The number of rotatable bonds is 4. The van der Waals surface area contributed by atoms with Crippen molar-refractivity contribution in [3.8, 4) is 0 Å². The molecule has 1 aliphatic rings. The standard InChI is InChI=1S/C12H26N2/c1-11(9-13)5-8-14-7-4-6-12(2,3)10-14/h11H,4-10,13H2,1-3H3. The van der Waals surface area contributed by atoms with Crippen LogP contribution < -0.4 is 5.73 Å². The summed E-state index contributed by atoms with van der Waals surface area (Å²) in [5, 5.41) is 0. The Labute approximate surface area is 88.8 Å². The Balaban J connectivity index is 2.24. The third kappa shape index (κ3) is 3.97. The summed E-state index contributed by atoms with van der Waals surface area (Å²) in [5.41, 5.74) is 6.15. The SMILES string of the molecule is CC(CN)CCN1CCCC(C)(C)C1. The first-order valence-corrected chi connectivity index (χ1v) is 5.96. The van der Waals surface area contributed by atoms with Crippen LogP contribution in [-0.4, -0.2) is 31.1 Å². The van der Waals surface area contributed by atoms with Crippen LogP contribution in [0.3, 0.4) is 0 Å². The van der Waals surface area contributed by atoms with Gasteiger partial charge in [-0.25, -0.2) is 0 Å². The van der Waals surface area contributed by atoms with E-state index in [2.05, 4.69) is 25.7 Å². The van der Waals surface area contributed by atoms with E-state index in [1.165, 1.54) is 38.9 Å². The van der Waals surface area contributed by atoms with Crippen LogP contribution in [0, 0.1) is 11.3 Å². The maximum absolute atomic E-state index is 5.62. The van der Waals surface area contributed by atoms with E-state index in [1.54, 1.807) is 0 Å². The van der Waals surface area contributed by atoms with Gasteiger partial charge in [0.15, 0.2) is 0 Å². The van der Waals surface area contributed by atoms with Crippen LogP contribution in [-0.2, 0) is 0 Å². The van der Waals surface area contributed by atoms with E-state index < -0.39 is 0 Å². The molecule has 0 aromatic carbocycles. The van der Waals surface area contributed by atoms with Gasteiger partial charge in [0.1, 0.15) is 0 Å². The second kappa shape index (κ2) is 5.13. The second-order valence-electron chi connectivity index (χ2n) is 5.67. The average molecular weight is 198 g/mol. The Bertz CT molecular complexity index is 166. The fourth-order valence-electron chi connectivity index (χ4n) is 2.26. The molecule has 0 spiro atoms. The molecule has 2 heteroatoms. The number of nitrogens with two attached hydrogens (primary N) is 1. The molecule has 1 atom stereocenters. The van der Waals surface area contributed by atoms with Gasteiger partial charge in [0.2, 0.25) is 0 Å². The van der Waals surface area contributed by atoms with Crippen molar-refractivity contribution < 1.29 is 0 Å². The van der Waals surface area contributed by atoms with Gasteiger partial charge < -0.3 is 10.6 Å². The molecule has 0 bridgehead atoms. The Morgan fingerprint density at radius 3 is 2.71 bits per heavy atom. The maximum atomic E-state index is 5.62. The van der Waals surface area contributed by atoms with E-state index >= 15 is 0 Å². The Hall–Kier alpha value is -0.0800. The van der Waals surface area contributed by atoms with E-state index in [1.807, 2.05) is 0 Å². The monoisotopic (exact) mass is 198 g/mol. The van der Waals surface area contributed by atoms with Gasteiger partial charge in [0, 0.05) is 6.54 Å². The third-order valence-electron chi connectivity index (χ3n) is 3.32. The minimum Gasteiger partial charge on any atom is -0.330 e. The molecule has 14 heavy (non-hydrogen) atoms. The average Bonchev–Trinajstić information content (AvgIpc) is 2.12. The number of hydrogen-bond donors (Lipinski definition) is 1. The molecule has 1 rings (SSSR count). The highest BCUT2D eigenvalue weighted by molar-refractivity contribution is 4.79. The summed E-state index contributed by atoms with van der Waals surface area (Å²) in [6.45, 7) is 11.6. The summed E-state index contributed by atoms with van der Waals surface area (Å²) in [4.78, 5) is 2.61. The third-order valence-corrected chi connectivity index (χ3v) is 3.32. The van der Waals surface area contributed by atoms with Crippen molar-refractivity contribution in [2.75, 3.05) is 26.2 Å². The molecule has 1 aliphatic heterocycles. The van der Waals surface area contributed by atoms with E-state index in [4.69, 9.17) is 5.73 Å². The number of piperidine rings is 1. The molecule has 1 fully saturated rings. The van der Waals surface area contributed by atoms with Gasteiger partial charge in [0.25, 0.3) is 0 Å². The van der Waals surface area contributed by atoms with Crippen molar-refractivity contribution in [1.82, 2.24) is 4.90 Å². The topological polar surface area (TPSA) is 29.3 Å². The Kier molecular flexibility index (Phi) is 4.39. The highest BCUT2D eigenvalue weighted by Gasteiger charge is 2.25. The van der Waals surface area contributed by atoms with Crippen LogP contribution in [0.25, 0.3) is 0 Å². The first-order valence-electron chi connectivity index (χ1n) is 5.96. The van der Waals surface area contributed by atoms with Crippen molar-refractivity contribution in [3.63, 3.8) is 0 Å². The van der Waals surface area contributed by atoms with E-state index in [9.17, 15) is 0 Å². The van der Waals surface area contributed by atoms with Crippen LogP contribution in [0.4, 0.5) is 0 Å². The van der Waals surface area contributed by atoms with Crippen LogP contribution in [0.5, 0.6) is 0 Å².